The molecule has 150 valence electrons. The topological polar surface area (TPSA) is 82.5 Å². The Kier molecular flexibility index (Phi) is 6.36. The second kappa shape index (κ2) is 8.73. The van der Waals surface area contributed by atoms with Gasteiger partial charge < -0.3 is 25.0 Å². The molecule has 3 amide bonds. The van der Waals surface area contributed by atoms with E-state index in [9.17, 15) is 9.59 Å². The number of hydrogen-bond acceptors (Lipinski definition) is 4. The molecule has 3 heterocycles. The number of aromatic nitrogens is 2. The van der Waals surface area contributed by atoms with Gasteiger partial charge in [0.2, 0.25) is 5.91 Å². The van der Waals surface area contributed by atoms with Gasteiger partial charge in [0.25, 0.3) is 0 Å². The zero-order valence-electron chi connectivity index (χ0n) is 16.6. The van der Waals surface area contributed by atoms with Crippen molar-refractivity contribution in [3.05, 3.63) is 18.2 Å². The summed E-state index contributed by atoms with van der Waals surface area (Å²) in [6.07, 6.45) is 5.39. The van der Waals surface area contributed by atoms with Gasteiger partial charge in [0.15, 0.2) is 0 Å². The van der Waals surface area contributed by atoms with Crippen LogP contribution >= 0.6 is 0 Å². The van der Waals surface area contributed by atoms with E-state index in [0.717, 1.165) is 31.8 Å². The highest BCUT2D eigenvalue weighted by Gasteiger charge is 2.36. The normalized spacial score (nSPS) is 23.6. The molecule has 2 saturated heterocycles. The minimum absolute atomic E-state index is 0.0536. The molecule has 2 fully saturated rings. The summed E-state index contributed by atoms with van der Waals surface area (Å²) in [5.74, 6) is 1.32. The second-order valence-electron chi connectivity index (χ2n) is 8.01. The van der Waals surface area contributed by atoms with E-state index in [1.54, 1.807) is 11.1 Å². The van der Waals surface area contributed by atoms with Crippen molar-refractivity contribution in [2.45, 2.75) is 32.7 Å². The summed E-state index contributed by atoms with van der Waals surface area (Å²) in [6.45, 7) is 8.20. The molecule has 8 heteroatoms. The molecule has 0 saturated carbocycles. The average molecular weight is 377 g/mol. The zero-order valence-corrected chi connectivity index (χ0v) is 16.6. The highest BCUT2D eigenvalue weighted by atomic mass is 16.2. The fraction of sp³-hybridized carbons (Fsp3) is 0.737. The lowest BCUT2D eigenvalue weighted by molar-refractivity contribution is -0.140. The lowest BCUT2D eigenvalue weighted by atomic mass is 9.95. The molecule has 8 nitrogen and oxygen atoms in total. The Labute approximate surface area is 161 Å². The highest BCUT2D eigenvalue weighted by Crippen LogP contribution is 2.26. The van der Waals surface area contributed by atoms with Gasteiger partial charge in [0.05, 0.1) is 5.92 Å². The van der Waals surface area contributed by atoms with Crippen molar-refractivity contribution in [3.63, 3.8) is 0 Å². The Bertz CT molecular complexity index is 658. The SMILES string of the molecule is CC(C)CNC(=O)N1CCCC(C(=O)N2CCNCC2c2nccn2C)C1. The Balaban J connectivity index is 1.66. The van der Waals surface area contributed by atoms with E-state index in [0.29, 0.717) is 32.1 Å². The number of nitrogens with one attached hydrogen (secondary N) is 2. The summed E-state index contributed by atoms with van der Waals surface area (Å²) in [5.41, 5.74) is 0. The van der Waals surface area contributed by atoms with Crippen LogP contribution in [0.3, 0.4) is 0 Å². The molecule has 0 aromatic carbocycles. The number of likely N-dealkylation sites (tertiary alicyclic amines) is 1. The van der Waals surface area contributed by atoms with Crippen molar-refractivity contribution in [1.82, 2.24) is 30.0 Å². The first-order valence-electron chi connectivity index (χ1n) is 9.98. The van der Waals surface area contributed by atoms with E-state index >= 15 is 0 Å². The third-order valence-electron chi connectivity index (χ3n) is 5.40. The molecule has 2 aliphatic rings. The maximum atomic E-state index is 13.3. The first-order chi connectivity index (χ1) is 13.0. The summed E-state index contributed by atoms with van der Waals surface area (Å²) >= 11 is 0. The Morgan fingerprint density at radius 1 is 1.37 bits per heavy atom. The minimum Gasteiger partial charge on any atom is -0.338 e. The maximum Gasteiger partial charge on any atom is 0.317 e. The molecule has 2 N–H and O–H groups in total. The molecule has 0 radical (unpaired) electrons. The van der Waals surface area contributed by atoms with E-state index in [-0.39, 0.29) is 23.9 Å². The number of imidazole rings is 1. The van der Waals surface area contributed by atoms with Gasteiger partial charge in [0.1, 0.15) is 11.9 Å². The van der Waals surface area contributed by atoms with Gasteiger partial charge in [-0.3, -0.25) is 4.79 Å². The fourth-order valence-corrected chi connectivity index (χ4v) is 3.90. The summed E-state index contributed by atoms with van der Waals surface area (Å²) in [7, 11) is 1.96. The monoisotopic (exact) mass is 376 g/mol. The van der Waals surface area contributed by atoms with Crippen LogP contribution < -0.4 is 10.6 Å². The first kappa shape index (κ1) is 19.7. The molecule has 2 unspecified atom stereocenters. The van der Waals surface area contributed by atoms with Crippen LogP contribution in [0.5, 0.6) is 0 Å². The van der Waals surface area contributed by atoms with Crippen LogP contribution in [0, 0.1) is 11.8 Å². The number of carbonyl (C=O) groups is 2. The third-order valence-corrected chi connectivity index (χ3v) is 5.40. The van der Waals surface area contributed by atoms with Crippen molar-refractivity contribution in [2.24, 2.45) is 18.9 Å². The number of aryl methyl sites for hydroxylation is 1. The molecule has 1 aromatic rings. The Morgan fingerprint density at radius 3 is 2.89 bits per heavy atom. The molecule has 0 spiro atoms. The Morgan fingerprint density at radius 2 is 2.19 bits per heavy atom. The number of piperidine rings is 1. The summed E-state index contributed by atoms with van der Waals surface area (Å²) in [4.78, 5) is 33.9. The van der Waals surface area contributed by atoms with Crippen molar-refractivity contribution >= 4 is 11.9 Å². The smallest absolute Gasteiger partial charge is 0.317 e. The van der Waals surface area contributed by atoms with Gasteiger partial charge in [0, 0.05) is 58.7 Å². The van der Waals surface area contributed by atoms with Crippen LogP contribution in [0.25, 0.3) is 0 Å². The standard InChI is InChI=1S/C19H32N6O2/c1-14(2)11-22-19(27)24-8-4-5-15(13-24)18(26)25-10-6-20-12-16(25)17-21-7-9-23(17)3/h7,9,14-16,20H,4-6,8,10-13H2,1-3H3,(H,22,27). The summed E-state index contributed by atoms with van der Waals surface area (Å²) in [5, 5.41) is 6.34. The molecule has 2 aliphatic heterocycles. The molecular weight excluding hydrogens is 344 g/mol. The van der Waals surface area contributed by atoms with Crippen LogP contribution in [-0.2, 0) is 11.8 Å². The van der Waals surface area contributed by atoms with Crippen molar-refractivity contribution < 1.29 is 9.59 Å². The van der Waals surface area contributed by atoms with E-state index in [4.69, 9.17) is 0 Å². The summed E-state index contributed by atoms with van der Waals surface area (Å²) < 4.78 is 1.98. The predicted molar refractivity (Wildman–Crippen MR) is 103 cm³/mol. The number of rotatable bonds is 4. The minimum atomic E-state index is -0.135. The zero-order chi connectivity index (χ0) is 19.4. The van der Waals surface area contributed by atoms with E-state index in [1.165, 1.54) is 0 Å². The van der Waals surface area contributed by atoms with Crippen LogP contribution in [0.4, 0.5) is 4.79 Å². The van der Waals surface area contributed by atoms with Crippen molar-refractivity contribution in [3.8, 4) is 0 Å². The number of carbonyl (C=O) groups excluding carboxylic acids is 2. The van der Waals surface area contributed by atoms with Gasteiger partial charge in [-0.1, -0.05) is 13.8 Å². The fourth-order valence-electron chi connectivity index (χ4n) is 3.90. The van der Waals surface area contributed by atoms with Crippen LogP contribution in [-0.4, -0.2) is 70.6 Å². The van der Waals surface area contributed by atoms with Crippen molar-refractivity contribution in [1.29, 1.82) is 0 Å². The number of hydrogen-bond donors (Lipinski definition) is 2. The van der Waals surface area contributed by atoms with Crippen LogP contribution in [0.15, 0.2) is 12.4 Å². The molecule has 3 rings (SSSR count). The van der Waals surface area contributed by atoms with E-state index < -0.39 is 0 Å². The second-order valence-corrected chi connectivity index (χ2v) is 8.01. The number of nitrogens with zero attached hydrogens (tertiary/aromatic N) is 4. The quantitative estimate of drug-likeness (QED) is 0.820. The molecular formula is C19H32N6O2. The van der Waals surface area contributed by atoms with E-state index in [2.05, 4.69) is 29.5 Å². The number of amides is 3. The molecule has 1 aromatic heterocycles. The lowest BCUT2D eigenvalue weighted by Gasteiger charge is -2.40. The van der Waals surface area contributed by atoms with Gasteiger partial charge in [-0.15, -0.1) is 0 Å². The lowest BCUT2D eigenvalue weighted by Crippen LogP contribution is -2.54. The van der Waals surface area contributed by atoms with Crippen molar-refractivity contribution in [2.75, 3.05) is 39.3 Å². The maximum absolute atomic E-state index is 13.3. The van der Waals surface area contributed by atoms with Crippen LogP contribution in [0.2, 0.25) is 0 Å². The van der Waals surface area contributed by atoms with Gasteiger partial charge >= 0.3 is 6.03 Å². The molecule has 0 bridgehead atoms. The van der Waals surface area contributed by atoms with E-state index in [1.807, 2.05) is 22.7 Å². The first-order valence-corrected chi connectivity index (χ1v) is 9.98. The van der Waals surface area contributed by atoms with Gasteiger partial charge in [-0.05, 0) is 18.8 Å². The third kappa shape index (κ3) is 4.61. The number of piperazine rings is 1. The average Bonchev–Trinajstić information content (AvgIpc) is 3.11. The van der Waals surface area contributed by atoms with Crippen LogP contribution in [0.1, 0.15) is 38.6 Å². The molecule has 27 heavy (non-hydrogen) atoms. The number of urea groups is 1. The summed E-state index contributed by atoms with van der Waals surface area (Å²) in [6, 6.07) is -0.112. The Hall–Kier alpha value is -2.09. The largest absolute Gasteiger partial charge is 0.338 e. The van der Waals surface area contributed by atoms with Gasteiger partial charge in [-0.25, -0.2) is 9.78 Å². The predicted octanol–water partition coefficient (Wildman–Crippen LogP) is 0.971. The molecule has 2 atom stereocenters. The highest BCUT2D eigenvalue weighted by molar-refractivity contribution is 5.81. The molecule has 0 aliphatic carbocycles. The van der Waals surface area contributed by atoms with Gasteiger partial charge in [-0.2, -0.15) is 0 Å².